The van der Waals surface area contributed by atoms with Crippen LogP contribution in [-0.4, -0.2) is 14.8 Å². The smallest absolute Gasteiger partial charge is 0.0669 e. The molecular weight excluding hydrogens is 246 g/mol. The molecule has 2 aromatic rings. The van der Waals surface area contributed by atoms with E-state index in [1.807, 2.05) is 19.2 Å². The second-order valence-corrected chi connectivity index (χ2v) is 6.22. The van der Waals surface area contributed by atoms with Crippen LogP contribution >= 0.6 is 11.6 Å². The predicted molar refractivity (Wildman–Crippen MR) is 72.7 cm³/mol. The van der Waals surface area contributed by atoms with Crippen LogP contribution in [0.5, 0.6) is 0 Å². The van der Waals surface area contributed by atoms with E-state index < -0.39 is 0 Å². The molecule has 18 heavy (non-hydrogen) atoms. The van der Waals surface area contributed by atoms with E-state index in [0.717, 1.165) is 29.8 Å². The standard InChI is InChI=1S/C14H16ClN3/c1-9-4-10(12(15)7-16-9)11-6-17-18-8-14(2,3)5-13(11)18/h4,6-7H,5,8H2,1-3H3. The van der Waals surface area contributed by atoms with E-state index in [1.54, 1.807) is 6.20 Å². The number of halogens is 1. The van der Waals surface area contributed by atoms with Crippen molar-refractivity contribution in [1.29, 1.82) is 0 Å². The Morgan fingerprint density at radius 3 is 2.83 bits per heavy atom. The maximum absolute atomic E-state index is 6.26. The minimum absolute atomic E-state index is 0.285. The highest BCUT2D eigenvalue weighted by Crippen LogP contribution is 2.38. The number of rotatable bonds is 1. The van der Waals surface area contributed by atoms with E-state index in [-0.39, 0.29) is 5.41 Å². The molecule has 0 aromatic carbocycles. The van der Waals surface area contributed by atoms with Gasteiger partial charge in [-0.2, -0.15) is 5.10 Å². The third-order valence-electron chi connectivity index (χ3n) is 3.45. The van der Waals surface area contributed by atoms with Gasteiger partial charge in [-0.05, 0) is 24.8 Å². The van der Waals surface area contributed by atoms with Gasteiger partial charge >= 0.3 is 0 Å². The Hall–Kier alpha value is -1.35. The summed E-state index contributed by atoms with van der Waals surface area (Å²) in [6, 6.07) is 2.03. The van der Waals surface area contributed by atoms with Crippen LogP contribution in [0.25, 0.3) is 11.1 Å². The van der Waals surface area contributed by atoms with Crippen LogP contribution in [0.3, 0.4) is 0 Å². The van der Waals surface area contributed by atoms with Crippen LogP contribution in [-0.2, 0) is 13.0 Å². The molecule has 2 aromatic heterocycles. The molecule has 0 bridgehead atoms. The highest BCUT2D eigenvalue weighted by molar-refractivity contribution is 6.33. The summed E-state index contributed by atoms with van der Waals surface area (Å²) in [5, 5.41) is 5.17. The molecule has 0 spiro atoms. The molecule has 0 amide bonds. The number of fused-ring (bicyclic) bond motifs is 1. The summed E-state index contributed by atoms with van der Waals surface area (Å²) in [6.07, 6.45) is 4.68. The average Bonchev–Trinajstić information content (AvgIpc) is 2.77. The molecule has 0 saturated carbocycles. The lowest BCUT2D eigenvalue weighted by molar-refractivity contribution is 0.347. The largest absolute Gasteiger partial charge is 0.268 e. The molecule has 0 atom stereocenters. The molecule has 0 fully saturated rings. The van der Waals surface area contributed by atoms with Gasteiger partial charge in [0.1, 0.15) is 0 Å². The Bertz CT molecular complexity index is 613. The lowest BCUT2D eigenvalue weighted by Crippen LogP contribution is -2.12. The van der Waals surface area contributed by atoms with Gasteiger partial charge in [0, 0.05) is 35.3 Å². The van der Waals surface area contributed by atoms with E-state index in [0.29, 0.717) is 5.02 Å². The normalized spacial score (nSPS) is 16.9. The Morgan fingerprint density at radius 1 is 1.28 bits per heavy atom. The zero-order valence-electron chi connectivity index (χ0n) is 10.9. The third kappa shape index (κ3) is 1.83. The summed E-state index contributed by atoms with van der Waals surface area (Å²) >= 11 is 6.26. The number of hydrogen-bond donors (Lipinski definition) is 0. The Morgan fingerprint density at radius 2 is 2.06 bits per heavy atom. The topological polar surface area (TPSA) is 30.7 Å². The predicted octanol–water partition coefficient (Wildman–Crippen LogP) is 3.49. The van der Waals surface area contributed by atoms with Gasteiger partial charge in [0.2, 0.25) is 0 Å². The van der Waals surface area contributed by atoms with Gasteiger partial charge in [-0.1, -0.05) is 25.4 Å². The third-order valence-corrected chi connectivity index (χ3v) is 3.76. The second-order valence-electron chi connectivity index (χ2n) is 5.81. The molecular formula is C14H16ClN3. The molecule has 3 nitrogen and oxygen atoms in total. The highest BCUT2D eigenvalue weighted by Gasteiger charge is 2.31. The van der Waals surface area contributed by atoms with Crippen molar-refractivity contribution in [1.82, 2.24) is 14.8 Å². The van der Waals surface area contributed by atoms with Crippen LogP contribution in [0.15, 0.2) is 18.5 Å². The number of pyridine rings is 1. The molecule has 4 heteroatoms. The number of nitrogens with zero attached hydrogens (tertiary/aromatic N) is 3. The van der Waals surface area contributed by atoms with Crippen LogP contribution in [0.4, 0.5) is 0 Å². The second kappa shape index (κ2) is 3.82. The number of hydrogen-bond acceptors (Lipinski definition) is 2. The van der Waals surface area contributed by atoms with E-state index in [4.69, 9.17) is 11.6 Å². The van der Waals surface area contributed by atoms with Crippen molar-refractivity contribution >= 4 is 11.6 Å². The van der Waals surface area contributed by atoms with Crippen molar-refractivity contribution in [2.45, 2.75) is 33.7 Å². The van der Waals surface area contributed by atoms with Crippen molar-refractivity contribution in [3.05, 3.63) is 34.9 Å². The maximum atomic E-state index is 6.26. The molecule has 94 valence electrons. The van der Waals surface area contributed by atoms with E-state index in [9.17, 15) is 0 Å². The minimum Gasteiger partial charge on any atom is -0.268 e. The van der Waals surface area contributed by atoms with Crippen molar-refractivity contribution < 1.29 is 0 Å². The molecule has 0 unspecified atom stereocenters. The first-order valence-electron chi connectivity index (χ1n) is 6.13. The summed E-state index contributed by atoms with van der Waals surface area (Å²) in [5.41, 5.74) is 4.74. The monoisotopic (exact) mass is 261 g/mol. The van der Waals surface area contributed by atoms with Crippen molar-refractivity contribution in [2.75, 3.05) is 0 Å². The van der Waals surface area contributed by atoms with Crippen LogP contribution in [0.2, 0.25) is 5.02 Å². The van der Waals surface area contributed by atoms with Crippen molar-refractivity contribution in [3.8, 4) is 11.1 Å². The van der Waals surface area contributed by atoms with Gasteiger partial charge in [0.05, 0.1) is 11.2 Å². The molecule has 0 radical (unpaired) electrons. The quantitative estimate of drug-likeness (QED) is 0.787. The first kappa shape index (κ1) is 11.7. The highest BCUT2D eigenvalue weighted by atomic mass is 35.5. The van der Waals surface area contributed by atoms with Crippen LogP contribution < -0.4 is 0 Å². The maximum Gasteiger partial charge on any atom is 0.0669 e. The molecule has 0 N–H and O–H groups in total. The fourth-order valence-corrected chi connectivity index (χ4v) is 2.83. The summed E-state index contributed by atoms with van der Waals surface area (Å²) in [7, 11) is 0. The lowest BCUT2D eigenvalue weighted by atomic mass is 9.89. The fourth-order valence-electron chi connectivity index (χ4n) is 2.62. The summed E-state index contributed by atoms with van der Waals surface area (Å²) in [5.74, 6) is 0. The van der Waals surface area contributed by atoms with Crippen molar-refractivity contribution in [2.24, 2.45) is 5.41 Å². The summed E-state index contributed by atoms with van der Waals surface area (Å²) < 4.78 is 2.10. The summed E-state index contributed by atoms with van der Waals surface area (Å²) in [6.45, 7) is 7.49. The van der Waals surface area contributed by atoms with Gasteiger partial charge in [-0.3, -0.25) is 9.67 Å². The van der Waals surface area contributed by atoms with Gasteiger partial charge in [-0.15, -0.1) is 0 Å². The van der Waals surface area contributed by atoms with Crippen LogP contribution in [0, 0.1) is 12.3 Å². The Labute approximate surface area is 112 Å². The van der Waals surface area contributed by atoms with Gasteiger partial charge < -0.3 is 0 Å². The minimum atomic E-state index is 0.285. The van der Waals surface area contributed by atoms with Gasteiger partial charge in [0.15, 0.2) is 0 Å². The van der Waals surface area contributed by atoms with E-state index in [1.165, 1.54) is 5.69 Å². The average molecular weight is 262 g/mol. The molecule has 3 heterocycles. The zero-order chi connectivity index (χ0) is 12.9. The van der Waals surface area contributed by atoms with Crippen molar-refractivity contribution in [3.63, 3.8) is 0 Å². The molecule has 0 saturated heterocycles. The van der Waals surface area contributed by atoms with Gasteiger partial charge in [-0.25, -0.2) is 0 Å². The first-order chi connectivity index (χ1) is 8.46. The number of aryl methyl sites for hydroxylation is 1. The molecule has 1 aliphatic heterocycles. The Balaban J connectivity index is 2.13. The van der Waals surface area contributed by atoms with Gasteiger partial charge in [0.25, 0.3) is 0 Å². The Kier molecular flexibility index (Phi) is 2.49. The van der Waals surface area contributed by atoms with E-state index >= 15 is 0 Å². The first-order valence-corrected chi connectivity index (χ1v) is 6.51. The lowest BCUT2D eigenvalue weighted by Gasteiger charge is -2.14. The summed E-state index contributed by atoms with van der Waals surface area (Å²) in [4.78, 5) is 4.21. The molecule has 3 rings (SSSR count). The molecule has 1 aliphatic rings. The molecule has 0 aliphatic carbocycles. The zero-order valence-corrected chi connectivity index (χ0v) is 11.6. The SMILES string of the molecule is Cc1cc(-c2cnn3c2CC(C)(C)C3)c(Cl)cn1. The van der Waals surface area contributed by atoms with Crippen LogP contribution in [0.1, 0.15) is 25.2 Å². The number of aromatic nitrogens is 3. The fraction of sp³-hybridized carbons (Fsp3) is 0.429. The van der Waals surface area contributed by atoms with E-state index in [2.05, 4.69) is 28.6 Å².